The molecular weight excluding hydrogens is 502 g/mol. The maximum absolute atomic E-state index is 14.0. The Hall–Kier alpha value is -3.21. The number of nitrogens with two attached hydrogens (primary N) is 1. The van der Waals surface area contributed by atoms with Crippen molar-refractivity contribution in [3.63, 3.8) is 0 Å². The number of phenolic OH excluding ortho intramolecular Hbond substituents is 1. The summed E-state index contributed by atoms with van der Waals surface area (Å²) in [6, 6.07) is 0.838. The maximum atomic E-state index is 14.0. The molecule has 3 aliphatic carbocycles. The molecule has 1 aromatic carbocycles. The van der Waals surface area contributed by atoms with E-state index in [1.54, 1.807) is 14.1 Å². The largest absolute Gasteiger partial charge is 0.508 e. The Labute approximate surface area is 228 Å². The summed E-state index contributed by atoms with van der Waals surface area (Å²) in [5, 5.41) is 48.8. The summed E-state index contributed by atoms with van der Waals surface area (Å²) in [5.41, 5.74) is 4.21. The highest BCUT2D eigenvalue weighted by molar-refractivity contribution is 6.24. The van der Waals surface area contributed by atoms with Gasteiger partial charge in [0.05, 0.1) is 11.6 Å². The van der Waals surface area contributed by atoms with Crippen LogP contribution in [0.25, 0.3) is 5.76 Å². The highest BCUT2D eigenvalue weighted by atomic mass is 16.3. The minimum Gasteiger partial charge on any atom is -0.508 e. The first-order valence-electron chi connectivity index (χ1n) is 13.5. The molecule has 0 bridgehead atoms. The zero-order valence-electron chi connectivity index (χ0n) is 23.2. The number of hydrogen-bond donors (Lipinski definition) is 6. The Morgan fingerprint density at radius 1 is 1.21 bits per heavy atom. The number of aliphatic hydroxyl groups excluding tert-OH is 2. The standard InChI is InChI=1S/C29H39N3O7/c1-6-7-14-8-16(12-31-11-13(2)3)23(33)20-17(14)9-15-10-18-22(32(4)5)25(35)21(28(30)38)27(37)29(18,39)26(36)19(15)24(20)34/h8,13,15,18,22,31,33-34,37,39H,6-7,9-12H2,1-5H3,(H2,30,38)/t15-,18-,22-,29-/m0/s1. The maximum Gasteiger partial charge on any atom is 0.255 e. The number of hydrogen-bond acceptors (Lipinski definition) is 9. The Morgan fingerprint density at radius 2 is 1.87 bits per heavy atom. The van der Waals surface area contributed by atoms with Crippen molar-refractivity contribution in [2.45, 2.75) is 64.6 Å². The number of Topliss-reactive ketones (excluding diaryl/α,β-unsaturated/α-hetero) is 2. The van der Waals surface area contributed by atoms with E-state index in [9.17, 15) is 34.8 Å². The number of phenols is 1. The number of likely N-dealkylation sites (N-methyl/N-ethyl adjacent to an activating group) is 1. The number of carbonyl (C=O) groups excluding carboxylic acids is 3. The van der Waals surface area contributed by atoms with Crippen LogP contribution < -0.4 is 11.1 Å². The quantitative estimate of drug-likeness (QED) is 0.268. The Kier molecular flexibility index (Phi) is 7.68. The molecule has 0 radical (unpaired) electrons. The summed E-state index contributed by atoms with van der Waals surface area (Å²) in [4.78, 5) is 40.8. The first kappa shape index (κ1) is 28.8. The number of carbonyl (C=O) groups is 3. The van der Waals surface area contributed by atoms with Crippen molar-refractivity contribution in [1.82, 2.24) is 10.2 Å². The molecule has 1 fully saturated rings. The fourth-order valence-electron chi connectivity index (χ4n) is 6.57. The third-order valence-corrected chi connectivity index (χ3v) is 8.28. The number of primary amides is 1. The van der Waals surface area contributed by atoms with E-state index in [-0.39, 0.29) is 23.3 Å². The number of ketones is 2. The predicted molar refractivity (Wildman–Crippen MR) is 145 cm³/mol. The Morgan fingerprint density at radius 3 is 2.44 bits per heavy atom. The van der Waals surface area contributed by atoms with Gasteiger partial charge in [-0.15, -0.1) is 0 Å². The molecule has 7 N–H and O–H groups in total. The van der Waals surface area contributed by atoms with Crippen LogP contribution in [0.2, 0.25) is 0 Å². The van der Waals surface area contributed by atoms with Crippen LogP contribution in [-0.2, 0) is 33.8 Å². The first-order chi connectivity index (χ1) is 18.3. The zero-order valence-corrected chi connectivity index (χ0v) is 23.2. The van der Waals surface area contributed by atoms with E-state index in [2.05, 4.69) is 19.2 Å². The van der Waals surface area contributed by atoms with Crippen LogP contribution in [0.15, 0.2) is 23.0 Å². The number of rotatable bonds is 8. The molecule has 1 amide bonds. The highest BCUT2D eigenvalue weighted by Gasteiger charge is 2.64. The van der Waals surface area contributed by atoms with Gasteiger partial charge in [0, 0.05) is 23.6 Å². The molecule has 0 saturated heterocycles. The fraction of sp³-hybridized carbons (Fsp3) is 0.552. The molecule has 10 heteroatoms. The monoisotopic (exact) mass is 541 g/mol. The molecule has 10 nitrogen and oxygen atoms in total. The molecule has 0 heterocycles. The lowest BCUT2D eigenvalue weighted by atomic mass is 9.57. The smallest absolute Gasteiger partial charge is 0.255 e. The average molecular weight is 542 g/mol. The van der Waals surface area contributed by atoms with Crippen molar-refractivity contribution in [1.29, 1.82) is 0 Å². The molecule has 0 aliphatic heterocycles. The SMILES string of the molecule is CCCc1cc(CNCC(C)C)c(O)c2c1C[C@H]1C[C@H]3[C@H](N(C)C)C(=O)C(C(N)=O)=C(O)[C@@]3(O)C(=O)C1=C2O. The number of benzene rings is 1. The molecule has 4 atom stereocenters. The average Bonchev–Trinajstić information content (AvgIpc) is 2.83. The van der Waals surface area contributed by atoms with E-state index in [4.69, 9.17) is 5.73 Å². The molecular formula is C29H39N3O7. The number of aliphatic hydroxyl groups is 3. The van der Waals surface area contributed by atoms with Gasteiger partial charge in [0.1, 0.15) is 22.8 Å². The third kappa shape index (κ3) is 4.44. The van der Waals surface area contributed by atoms with Crippen molar-refractivity contribution < 1.29 is 34.8 Å². The zero-order chi connectivity index (χ0) is 29.0. The van der Waals surface area contributed by atoms with Gasteiger partial charge in [0.2, 0.25) is 5.78 Å². The molecule has 0 spiro atoms. The van der Waals surface area contributed by atoms with Crippen LogP contribution in [0.4, 0.5) is 0 Å². The summed E-state index contributed by atoms with van der Waals surface area (Å²) in [5.74, 6) is -5.96. The third-order valence-electron chi connectivity index (χ3n) is 8.28. The molecule has 0 unspecified atom stereocenters. The molecule has 212 valence electrons. The highest BCUT2D eigenvalue weighted by Crippen LogP contribution is 2.53. The Bertz CT molecular complexity index is 1300. The summed E-state index contributed by atoms with van der Waals surface area (Å²) in [6.45, 7) is 7.25. The van der Waals surface area contributed by atoms with Crippen LogP contribution in [0.1, 0.15) is 55.9 Å². The van der Waals surface area contributed by atoms with Crippen LogP contribution in [-0.4, -0.2) is 75.1 Å². The lowest BCUT2D eigenvalue weighted by molar-refractivity contribution is -0.153. The van der Waals surface area contributed by atoms with E-state index in [0.717, 1.165) is 24.1 Å². The van der Waals surface area contributed by atoms with Gasteiger partial charge < -0.3 is 31.5 Å². The first-order valence-corrected chi connectivity index (χ1v) is 13.5. The minimum atomic E-state index is -2.64. The van der Waals surface area contributed by atoms with Crippen LogP contribution >= 0.6 is 0 Å². The molecule has 3 aliphatic rings. The molecule has 1 saturated carbocycles. The van der Waals surface area contributed by atoms with Gasteiger partial charge in [0.15, 0.2) is 11.4 Å². The molecule has 1 aromatic rings. The van der Waals surface area contributed by atoms with E-state index in [1.807, 2.05) is 13.0 Å². The molecule has 39 heavy (non-hydrogen) atoms. The lowest BCUT2D eigenvalue weighted by Crippen LogP contribution is -2.65. The number of aryl methyl sites for hydroxylation is 1. The number of fused-ring (bicyclic) bond motifs is 3. The number of nitrogens with zero attached hydrogens (tertiary/aromatic N) is 1. The van der Waals surface area contributed by atoms with Gasteiger partial charge in [-0.05, 0) is 62.9 Å². The summed E-state index contributed by atoms with van der Waals surface area (Å²) in [7, 11) is 3.17. The lowest BCUT2D eigenvalue weighted by Gasteiger charge is -2.50. The fourth-order valence-corrected chi connectivity index (χ4v) is 6.57. The number of nitrogens with one attached hydrogen (secondary N) is 1. The van der Waals surface area contributed by atoms with E-state index in [1.165, 1.54) is 4.90 Å². The van der Waals surface area contributed by atoms with Gasteiger partial charge in [-0.1, -0.05) is 33.3 Å². The second-order valence-electron chi connectivity index (χ2n) is 11.6. The Balaban J connectivity index is 1.91. The van der Waals surface area contributed by atoms with Crippen molar-refractivity contribution >= 4 is 23.2 Å². The van der Waals surface area contributed by atoms with Gasteiger partial charge in [-0.3, -0.25) is 19.3 Å². The van der Waals surface area contributed by atoms with Crippen LogP contribution in [0.5, 0.6) is 5.75 Å². The number of aromatic hydroxyl groups is 1. The van der Waals surface area contributed by atoms with Crippen molar-refractivity contribution in [2.75, 3.05) is 20.6 Å². The van der Waals surface area contributed by atoms with Gasteiger partial charge in [0.25, 0.3) is 5.91 Å². The predicted octanol–water partition coefficient (Wildman–Crippen LogP) is 1.66. The van der Waals surface area contributed by atoms with E-state index >= 15 is 0 Å². The van der Waals surface area contributed by atoms with Gasteiger partial charge in [-0.25, -0.2) is 0 Å². The number of amides is 1. The summed E-state index contributed by atoms with van der Waals surface area (Å²) in [6.07, 6.45) is 1.90. The summed E-state index contributed by atoms with van der Waals surface area (Å²) < 4.78 is 0. The van der Waals surface area contributed by atoms with Crippen molar-refractivity contribution in [2.24, 2.45) is 23.5 Å². The summed E-state index contributed by atoms with van der Waals surface area (Å²) >= 11 is 0. The normalized spacial score (nSPS) is 26.7. The van der Waals surface area contributed by atoms with Crippen LogP contribution in [0, 0.1) is 17.8 Å². The van der Waals surface area contributed by atoms with Crippen molar-refractivity contribution in [3.8, 4) is 5.75 Å². The molecule has 4 rings (SSSR count). The second-order valence-corrected chi connectivity index (χ2v) is 11.6. The van der Waals surface area contributed by atoms with E-state index in [0.29, 0.717) is 30.9 Å². The van der Waals surface area contributed by atoms with E-state index < -0.39 is 58.0 Å². The van der Waals surface area contributed by atoms with Crippen molar-refractivity contribution in [3.05, 3.63) is 45.2 Å². The molecule has 0 aromatic heterocycles. The topological polar surface area (TPSA) is 173 Å². The van der Waals surface area contributed by atoms with Crippen LogP contribution in [0.3, 0.4) is 0 Å². The van der Waals surface area contributed by atoms with Gasteiger partial charge >= 0.3 is 0 Å². The second kappa shape index (κ2) is 10.4. The van der Waals surface area contributed by atoms with Gasteiger partial charge in [-0.2, -0.15) is 0 Å². The minimum absolute atomic E-state index is 0.0792.